The molecule has 0 aliphatic carbocycles. The normalized spacial score (nSPS) is 14.1. The van der Waals surface area contributed by atoms with E-state index in [4.69, 9.17) is 0 Å². The van der Waals surface area contributed by atoms with Gasteiger partial charge in [0.1, 0.15) is 12.4 Å². The molecule has 0 fully saturated rings. The maximum absolute atomic E-state index is 13.6. The first-order valence-corrected chi connectivity index (χ1v) is 11.5. The van der Waals surface area contributed by atoms with Crippen molar-refractivity contribution in [1.29, 1.82) is 0 Å². The van der Waals surface area contributed by atoms with E-state index in [0.29, 0.717) is 5.56 Å². The van der Waals surface area contributed by atoms with Gasteiger partial charge in [-0.2, -0.15) is 26.3 Å². The molecule has 0 heterocycles. The molecule has 2 atom stereocenters. The molecule has 0 aliphatic heterocycles. The van der Waals surface area contributed by atoms with E-state index in [1.165, 1.54) is 31.2 Å². The number of alkyl halides is 6. The van der Waals surface area contributed by atoms with Crippen molar-refractivity contribution in [3.05, 3.63) is 73.9 Å². The standard InChI is InChI=1S/C23H18Br2F7NO2/c1-12(21(35)33-11-22(27,28)29)6-20(34)17-4-2-13(7-19(17)25)3-5-18(23(30,31)32)14-8-15(24)10-16(26)9-14/h2-5,7-10,12,18H,6,11H2,1H3,(H,33,35)/b5-3+/t12-,18?/m0/s1. The summed E-state index contributed by atoms with van der Waals surface area (Å²) in [6.45, 7) is -0.211. The summed E-state index contributed by atoms with van der Waals surface area (Å²) in [6.07, 6.45) is -7.62. The number of allylic oxidation sites excluding steroid dienone is 1. The maximum atomic E-state index is 13.6. The lowest BCUT2D eigenvalue weighted by Gasteiger charge is -2.18. The van der Waals surface area contributed by atoms with E-state index >= 15 is 0 Å². The first kappa shape index (κ1) is 29.0. The average Bonchev–Trinajstić information content (AvgIpc) is 2.69. The van der Waals surface area contributed by atoms with Gasteiger partial charge in [0.05, 0.1) is 5.92 Å². The fraction of sp³-hybridized carbons (Fsp3) is 0.304. The Kier molecular flexibility index (Phi) is 9.69. The van der Waals surface area contributed by atoms with Gasteiger partial charge in [-0.05, 0) is 41.5 Å². The molecule has 12 heteroatoms. The Bertz CT molecular complexity index is 1090. The molecule has 1 unspecified atom stereocenters. The van der Waals surface area contributed by atoms with Crippen LogP contribution in [-0.4, -0.2) is 30.6 Å². The van der Waals surface area contributed by atoms with Gasteiger partial charge in [-0.3, -0.25) is 9.59 Å². The first-order chi connectivity index (χ1) is 16.1. The van der Waals surface area contributed by atoms with Crippen molar-refractivity contribution in [1.82, 2.24) is 5.32 Å². The van der Waals surface area contributed by atoms with Gasteiger partial charge >= 0.3 is 12.4 Å². The van der Waals surface area contributed by atoms with Crippen LogP contribution < -0.4 is 5.32 Å². The third-order valence-corrected chi connectivity index (χ3v) is 5.89. The molecule has 3 nitrogen and oxygen atoms in total. The summed E-state index contributed by atoms with van der Waals surface area (Å²) in [5, 5.41) is 1.71. The topological polar surface area (TPSA) is 46.2 Å². The summed E-state index contributed by atoms with van der Waals surface area (Å²) < 4.78 is 91.5. The fourth-order valence-corrected chi connectivity index (χ4v) is 4.18. The Balaban J connectivity index is 2.16. The summed E-state index contributed by atoms with van der Waals surface area (Å²) >= 11 is 6.13. The van der Waals surface area contributed by atoms with E-state index in [2.05, 4.69) is 31.9 Å². The Morgan fingerprint density at radius 3 is 2.23 bits per heavy atom. The van der Waals surface area contributed by atoms with Crippen LogP contribution in [0.3, 0.4) is 0 Å². The monoisotopic (exact) mass is 631 g/mol. The zero-order valence-corrected chi connectivity index (χ0v) is 21.1. The molecular weight excluding hydrogens is 615 g/mol. The third kappa shape index (κ3) is 9.06. The van der Waals surface area contributed by atoms with E-state index in [0.717, 1.165) is 24.3 Å². The van der Waals surface area contributed by atoms with Crippen molar-refractivity contribution in [3.8, 4) is 0 Å². The molecule has 2 rings (SSSR count). The zero-order chi connectivity index (χ0) is 26.6. The number of amides is 1. The van der Waals surface area contributed by atoms with Gasteiger partial charge in [0.15, 0.2) is 5.78 Å². The lowest BCUT2D eigenvalue weighted by molar-refractivity contribution is -0.140. The highest BCUT2D eigenvalue weighted by Gasteiger charge is 2.39. The molecule has 35 heavy (non-hydrogen) atoms. The van der Waals surface area contributed by atoms with E-state index in [9.17, 15) is 40.3 Å². The van der Waals surface area contributed by atoms with Crippen LogP contribution in [0, 0.1) is 11.7 Å². The van der Waals surface area contributed by atoms with E-state index < -0.39 is 48.2 Å². The number of Topliss-reactive ketones (excluding diaryl/α,β-unsaturated/α-hetero) is 1. The molecule has 0 saturated carbocycles. The summed E-state index contributed by atoms with van der Waals surface area (Å²) in [4.78, 5) is 24.3. The second kappa shape index (κ2) is 11.7. The average molecular weight is 633 g/mol. The summed E-state index contributed by atoms with van der Waals surface area (Å²) in [5.74, 6) is -5.43. The lowest BCUT2D eigenvalue weighted by atomic mass is 9.96. The number of benzene rings is 2. The summed E-state index contributed by atoms with van der Waals surface area (Å²) in [6, 6.07) is 7.07. The maximum Gasteiger partial charge on any atom is 0.405 e. The first-order valence-electron chi connectivity index (χ1n) is 9.95. The van der Waals surface area contributed by atoms with E-state index in [1.807, 2.05) is 0 Å². The molecule has 1 amide bonds. The van der Waals surface area contributed by atoms with Crippen LogP contribution in [0.4, 0.5) is 30.7 Å². The fourth-order valence-electron chi connectivity index (χ4n) is 3.07. The van der Waals surface area contributed by atoms with Crippen molar-refractivity contribution in [2.75, 3.05) is 6.54 Å². The summed E-state index contributed by atoms with van der Waals surface area (Å²) in [5.41, 5.74) is 0.109. The van der Waals surface area contributed by atoms with Gasteiger partial charge in [0.2, 0.25) is 5.91 Å². The molecule has 1 N–H and O–H groups in total. The molecule has 2 aromatic carbocycles. The highest BCUT2D eigenvalue weighted by molar-refractivity contribution is 9.10. The number of carbonyl (C=O) groups is 2. The molecule has 0 aromatic heterocycles. The van der Waals surface area contributed by atoms with Crippen LogP contribution in [0.1, 0.15) is 40.7 Å². The molecular formula is C23H18Br2F7NO2. The van der Waals surface area contributed by atoms with Gasteiger partial charge in [-0.15, -0.1) is 0 Å². The minimum Gasteiger partial charge on any atom is -0.347 e. The van der Waals surface area contributed by atoms with Crippen LogP contribution in [-0.2, 0) is 4.79 Å². The van der Waals surface area contributed by atoms with Gasteiger partial charge in [-0.25, -0.2) is 4.39 Å². The van der Waals surface area contributed by atoms with E-state index in [-0.39, 0.29) is 26.5 Å². The van der Waals surface area contributed by atoms with E-state index in [1.54, 1.807) is 5.32 Å². The predicted octanol–water partition coefficient (Wildman–Crippen LogP) is 7.60. The molecule has 2 aromatic rings. The Labute approximate surface area is 213 Å². The Hall–Kier alpha value is -2.21. The number of nitrogens with one attached hydrogen (secondary N) is 1. The SMILES string of the molecule is C[C@@H](CC(=O)c1ccc(/C=C/C(c2cc(F)cc(Br)c2)C(F)(F)F)cc1Br)C(=O)NCC(F)(F)F. The molecule has 0 aliphatic rings. The van der Waals surface area contributed by atoms with Crippen LogP contribution >= 0.6 is 31.9 Å². The van der Waals surface area contributed by atoms with Crippen molar-refractivity contribution >= 4 is 49.6 Å². The van der Waals surface area contributed by atoms with Crippen LogP contribution in [0.5, 0.6) is 0 Å². The molecule has 0 spiro atoms. The quantitative estimate of drug-likeness (QED) is 0.241. The molecule has 0 radical (unpaired) electrons. The van der Waals surface area contributed by atoms with Crippen LogP contribution in [0.2, 0.25) is 0 Å². The van der Waals surface area contributed by atoms with Crippen molar-refractivity contribution < 1.29 is 40.3 Å². The number of hydrogen-bond acceptors (Lipinski definition) is 2. The Morgan fingerprint density at radius 1 is 1.03 bits per heavy atom. The smallest absolute Gasteiger partial charge is 0.347 e. The third-order valence-electron chi connectivity index (χ3n) is 4.77. The highest BCUT2D eigenvalue weighted by Crippen LogP contribution is 2.38. The number of halogens is 9. The largest absolute Gasteiger partial charge is 0.405 e. The highest BCUT2D eigenvalue weighted by atomic mass is 79.9. The Morgan fingerprint density at radius 2 is 1.69 bits per heavy atom. The number of rotatable bonds is 8. The predicted molar refractivity (Wildman–Crippen MR) is 123 cm³/mol. The van der Waals surface area contributed by atoms with Gasteiger partial charge < -0.3 is 5.32 Å². The van der Waals surface area contributed by atoms with Crippen molar-refractivity contribution in [3.63, 3.8) is 0 Å². The van der Waals surface area contributed by atoms with Gasteiger partial charge in [0.25, 0.3) is 0 Å². The summed E-state index contributed by atoms with van der Waals surface area (Å²) in [7, 11) is 0. The van der Waals surface area contributed by atoms with Crippen molar-refractivity contribution in [2.45, 2.75) is 31.6 Å². The number of carbonyl (C=O) groups excluding carboxylic acids is 2. The number of hydrogen-bond donors (Lipinski definition) is 1. The minimum atomic E-state index is -4.69. The minimum absolute atomic E-state index is 0.110. The second-order valence-corrected chi connectivity index (χ2v) is 9.45. The zero-order valence-electron chi connectivity index (χ0n) is 17.9. The van der Waals surface area contributed by atoms with Gasteiger partial charge in [0, 0.05) is 26.8 Å². The lowest BCUT2D eigenvalue weighted by Crippen LogP contribution is -2.37. The molecule has 190 valence electrons. The number of ketones is 1. The molecule has 0 bridgehead atoms. The van der Waals surface area contributed by atoms with Gasteiger partial charge in [-0.1, -0.05) is 57.0 Å². The second-order valence-electron chi connectivity index (χ2n) is 7.68. The molecule has 0 saturated heterocycles. The van der Waals surface area contributed by atoms with Crippen LogP contribution in [0.25, 0.3) is 6.08 Å². The van der Waals surface area contributed by atoms with Crippen molar-refractivity contribution in [2.24, 2.45) is 5.92 Å². The van der Waals surface area contributed by atoms with Crippen LogP contribution in [0.15, 0.2) is 51.4 Å².